The molecular formula is C15H24N2O. The normalized spacial score (nSPS) is 20.9. The Morgan fingerprint density at radius 1 is 1.39 bits per heavy atom. The Morgan fingerprint density at radius 3 is 2.94 bits per heavy atom. The number of rotatable bonds is 4. The molecule has 1 unspecified atom stereocenters. The highest BCUT2D eigenvalue weighted by Gasteiger charge is 2.18. The van der Waals surface area contributed by atoms with Gasteiger partial charge in [-0.15, -0.1) is 0 Å². The van der Waals surface area contributed by atoms with Crippen molar-refractivity contribution >= 4 is 5.69 Å². The molecule has 1 aliphatic rings. The SMILES string of the molecule is CCN1CCOC(CNc2ccc(C)cc2C)C1. The van der Waals surface area contributed by atoms with Gasteiger partial charge in [-0.2, -0.15) is 0 Å². The Labute approximate surface area is 110 Å². The average Bonchev–Trinajstić information content (AvgIpc) is 2.38. The van der Waals surface area contributed by atoms with Gasteiger partial charge >= 0.3 is 0 Å². The van der Waals surface area contributed by atoms with Gasteiger partial charge in [-0.05, 0) is 32.0 Å². The lowest BCUT2D eigenvalue weighted by atomic mass is 10.1. The topological polar surface area (TPSA) is 24.5 Å². The van der Waals surface area contributed by atoms with Crippen LogP contribution in [0.5, 0.6) is 0 Å². The Morgan fingerprint density at radius 2 is 2.22 bits per heavy atom. The summed E-state index contributed by atoms with van der Waals surface area (Å²) < 4.78 is 5.79. The Bertz CT molecular complexity index is 392. The Kier molecular flexibility index (Phi) is 4.61. The first-order chi connectivity index (χ1) is 8.69. The van der Waals surface area contributed by atoms with Gasteiger partial charge in [0.1, 0.15) is 0 Å². The number of hydrogen-bond donors (Lipinski definition) is 1. The van der Waals surface area contributed by atoms with Gasteiger partial charge in [0.05, 0.1) is 12.7 Å². The van der Waals surface area contributed by atoms with Crippen LogP contribution in [0.15, 0.2) is 18.2 Å². The molecule has 18 heavy (non-hydrogen) atoms. The van der Waals surface area contributed by atoms with Crippen molar-refractivity contribution < 1.29 is 4.74 Å². The zero-order valence-corrected chi connectivity index (χ0v) is 11.7. The van der Waals surface area contributed by atoms with E-state index in [1.165, 1.54) is 16.8 Å². The molecule has 1 heterocycles. The van der Waals surface area contributed by atoms with E-state index in [1.54, 1.807) is 0 Å². The van der Waals surface area contributed by atoms with Crippen LogP contribution in [-0.2, 0) is 4.74 Å². The molecule has 1 aromatic rings. The summed E-state index contributed by atoms with van der Waals surface area (Å²) >= 11 is 0. The molecule has 0 spiro atoms. The van der Waals surface area contributed by atoms with E-state index in [1.807, 2.05) is 0 Å². The van der Waals surface area contributed by atoms with Gasteiger partial charge in [-0.3, -0.25) is 4.90 Å². The van der Waals surface area contributed by atoms with Gasteiger partial charge < -0.3 is 10.1 Å². The number of likely N-dealkylation sites (N-methyl/N-ethyl adjacent to an activating group) is 1. The molecule has 0 saturated carbocycles. The number of anilines is 1. The average molecular weight is 248 g/mol. The highest BCUT2D eigenvalue weighted by molar-refractivity contribution is 5.51. The summed E-state index contributed by atoms with van der Waals surface area (Å²) in [5, 5.41) is 3.50. The molecule has 1 fully saturated rings. The fourth-order valence-corrected chi connectivity index (χ4v) is 2.43. The standard InChI is InChI=1S/C15H24N2O/c1-4-17-7-8-18-14(11-17)10-16-15-6-5-12(2)9-13(15)3/h5-6,9,14,16H,4,7-8,10-11H2,1-3H3. The van der Waals surface area contributed by atoms with Crippen molar-refractivity contribution in [2.75, 3.05) is 38.1 Å². The third kappa shape index (κ3) is 3.47. The van der Waals surface area contributed by atoms with E-state index in [0.29, 0.717) is 6.10 Å². The molecule has 3 heteroatoms. The predicted molar refractivity (Wildman–Crippen MR) is 76.3 cm³/mol. The van der Waals surface area contributed by atoms with Crippen molar-refractivity contribution in [3.05, 3.63) is 29.3 Å². The van der Waals surface area contributed by atoms with Gasteiger partial charge in [0.2, 0.25) is 0 Å². The third-order valence-electron chi connectivity index (χ3n) is 3.57. The van der Waals surface area contributed by atoms with Crippen molar-refractivity contribution in [1.29, 1.82) is 0 Å². The quantitative estimate of drug-likeness (QED) is 0.885. The first-order valence-electron chi connectivity index (χ1n) is 6.84. The molecule has 1 atom stereocenters. The highest BCUT2D eigenvalue weighted by atomic mass is 16.5. The number of hydrogen-bond acceptors (Lipinski definition) is 3. The largest absolute Gasteiger partial charge is 0.382 e. The molecule has 1 saturated heterocycles. The lowest BCUT2D eigenvalue weighted by molar-refractivity contribution is -0.0191. The van der Waals surface area contributed by atoms with Gasteiger partial charge in [-0.25, -0.2) is 0 Å². The fourth-order valence-electron chi connectivity index (χ4n) is 2.43. The second-order valence-electron chi connectivity index (χ2n) is 5.09. The van der Waals surface area contributed by atoms with Crippen molar-refractivity contribution in [2.24, 2.45) is 0 Å². The molecule has 1 aromatic carbocycles. The van der Waals surface area contributed by atoms with Gasteiger partial charge in [0, 0.05) is 25.3 Å². The Balaban J connectivity index is 1.87. The van der Waals surface area contributed by atoms with Crippen molar-refractivity contribution in [1.82, 2.24) is 4.90 Å². The summed E-state index contributed by atoms with van der Waals surface area (Å²) in [6, 6.07) is 6.52. The van der Waals surface area contributed by atoms with E-state index in [-0.39, 0.29) is 0 Å². The minimum absolute atomic E-state index is 0.305. The molecule has 1 N–H and O–H groups in total. The summed E-state index contributed by atoms with van der Waals surface area (Å²) in [7, 11) is 0. The monoisotopic (exact) mass is 248 g/mol. The summed E-state index contributed by atoms with van der Waals surface area (Å²) in [5.41, 5.74) is 3.83. The van der Waals surface area contributed by atoms with Crippen LogP contribution < -0.4 is 5.32 Å². The molecule has 100 valence electrons. The fraction of sp³-hybridized carbons (Fsp3) is 0.600. The molecule has 0 aromatic heterocycles. The number of ether oxygens (including phenoxy) is 1. The number of nitrogens with zero attached hydrogens (tertiary/aromatic N) is 1. The van der Waals surface area contributed by atoms with Crippen LogP contribution in [-0.4, -0.2) is 43.8 Å². The second-order valence-corrected chi connectivity index (χ2v) is 5.09. The van der Waals surface area contributed by atoms with Crippen molar-refractivity contribution in [2.45, 2.75) is 26.9 Å². The van der Waals surface area contributed by atoms with Crippen molar-refractivity contribution in [3.63, 3.8) is 0 Å². The van der Waals surface area contributed by atoms with Crippen LogP contribution in [0.1, 0.15) is 18.1 Å². The summed E-state index contributed by atoms with van der Waals surface area (Å²) in [6.07, 6.45) is 0.305. The van der Waals surface area contributed by atoms with Crippen LogP contribution >= 0.6 is 0 Å². The van der Waals surface area contributed by atoms with Gasteiger partial charge in [0.25, 0.3) is 0 Å². The summed E-state index contributed by atoms with van der Waals surface area (Å²) in [6.45, 7) is 11.4. The van der Waals surface area contributed by atoms with E-state index in [9.17, 15) is 0 Å². The molecule has 0 amide bonds. The maximum absolute atomic E-state index is 5.79. The van der Waals surface area contributed by atoms with E-state index in [4.69, 9.17) is 4.74 Å². The maximum atomic E-state index is 5.79. The van der Waals surface area contributed by atoms with Crippen molar-refractivity contribution in [3.8, 4) is 0 Å². The minimum atomic E-state index is 0.305. The van der Waals surface area contributed by atoms with Crippen LogP contribution in [0.4, 0.5) is 5.69 Å². The number of morpholine rings is 1. The molecular weight excluding hydrogens is 224 g/mol. The molecule has 0 radical (unpaired) electrons. The summed E-state index contributed by atoms with van der Waals surface area (Å²) in [4.78, 5) is 2.44. The molecule has 0 aliphatic carbocycles. The van der Waals surface area contributed by atoms with Crippen LogP contribution in [0.3, 0.4) is 0 Å². The summed E-state index contributed by atoms with van der Waals surface area (Å²) in [5.74, 6) is 0. The molecule has 2 rings (SSSR count). The highest BCUT2D eigenvalue weighted by Crippen LogP contribution is 2.16. The lowest BCUT2D eigenvalue weighted by Crippen LogP contribution is -2.45. The Hall–Kier alpha value is -1.06. The zero-order valence-electron chi connectivity index (χ0n) is 11.7. The predicted octanol–water partition coefficient (Wildman–Crippen LogP) is 2.44. The van der Waals surface area contributed by atoms with E-state index in [0.717, 1.165) is 32.8 Å². The molecule has 3 nitrogen and oxygen atoms in total. The third-order valence-corrected chi connectivity index (χ3v) is 3.57. The smallest absolute Gasteiger partial charge is 0.0874 e. The lowest BCUT2D eigenvalue weighted by Gasteiger charge is -2.32. The maximum Gasteiger partial charge on any atom is 0.0874 e. The first kappa shape index (κ1) is 13.4. The van der Waals surface area contributed by atoms with Gasteiger partial charge in [0.15, 0.2) is 0 Å². The van der Waals surface area contributed by atoms with Crippen LogP contribution in [0, 0.1) is 13.8 Å². The minimum Gasteiger partial charge on any atom is -0.382 e. The number of benzene rings is 1. The first-order valence-corrected chi connectivity index (χ1v) is 6.84. The second kappa shape index (κ2) is 6.21. The molecule has 1 aliphatic heterocycles. The van der Waals surface area contributed by atoms with Gasteiger partial charge in [-0.1, -0.05) is 24.6 Å². The van der Waals surface area contributed by atoms with E-state index < -0.39 is 0 Å². The number of aryl methyl sites for hydroxylation is 2. The molecule has 0 bridgehead atoms. The zero-order chi connectivity index (χ0) is 13.0. The number of nitrogens with one attached hydrogen (secondary N) is 1. The van der Waals surface area contributed by atoms with E-state index in [2.05, 4.69) is 49.2 Å². The van der Waals surface area contributed by atoms with Crippen LogP contribution in [0.25, 0.3) is 0 Å². The van der Waals surface area contributed by atoms with E-state index >= 15 is 0 Å². The van der Waals surface area contributed by atoms with Crippen LogP contribution in [0.2, 0.25) is 0 Å².